The molecule has 1 amide bonds. The molecule has 1 aromatic carbocycles. The Kier molecular flexibility index (Phi) is 6.02. The Balaban J connectivity index is 1.23. The molecule has 3 N–H and O–H groups in total. The minimum atomic E-state index is -0.316. The summed E-state index contributed by atoms with van der Waals surface area (Å²) in [7, 11) is 0. The predicted molar refractivity (Wildman–Crippen MR) is 117 cm³/mol. The van der Waals surface area contributed by atoms with Crippen LogP contribution in [0.4, 0.5) is 0 Å². The largest absolute Gasteiger partial charge is 0.379 e. The van der Waals surface area contributed by atoms with Crippen molar-refractivity contribution in [2.24, 2.45) is 11.3 Å². The SMILES string of the molecule is O=C(NCc1nc(-c2ccccc2)n[nH]1)[C@@]12CCC(N3CCOCC3)C[C@H]1CCNC2. The van der Waals surface area contributed by atoms with Crippen molar-refractivity contribution in [1.29, 1.82) is 0 Å². The fourth-order valence-electron chi connectivity index (χ4n) is 5.60. The van der Waals surface area contributed by atoms with Crippen molar-refractivity contribution >= 4 is 5.91 Å². The zero-order valence-electron chi connectivity index (χ0n) is 18.0. The summed E-state index contributed by atoms with van der Waals surface area (Å²) < 4.78 is 5.53. The number of fused-ring (bicyclic) bond motifs is 1. The van der Waals surface area contributed by atoms with E-state index in [0.29, 0.717) is 30.2 Å². The van der Waals surface area contributed by atoms with Gasteiger partial charge in [-0.15, -0.1) is 0 Å². The molecule has 1 aromatic heterocycles. The van der Waals surface area contributed by atoms with Crippen molar-refractivity contribution in [3.63, 3.8) is 0 Å². The van der Waals surface area contributed by atoms with Gasteiger partial charge >= 0.3 is 0 Å². The molecule has 1 saturated carbocycles. The van der Waals surface area contributed by atoms with Crippen molar-refractivity contribution in [3.05, 3.63) is 36.2 Å². The molecular weight excluding hydrogens is 392 g/mol. The lowest BCUT2D eigenvalue weighted by molar-refractivity contribution is -0.140. The quantitative estimate of drug-likeness (QED) is 0.674. The third-order valence-corrected chi connectivity index (χ3v) is 7.37. The highest BCUT2D eigenvalue weighted by atomic mass is 16.5. The van der Waals surface area contributed by atoms with Crippen LogP contribution in [0, 0.1) is 11.3 Å². The van der Waals surface area contributed by atoms with E-state index in [1.165, 1.54) is 0 Å². The van der Waals surface area contributed by atoms with Gasteiger partial charge in [0, 0.05) is 31.2 Å². The molecule has 8 nitrogen and oxygen atoms in total. The van der Waals surface area contributed by atoms with Gasteiger partial charge in [-0.1, -0.05) is 30.3 Å². The number of rotatable bonds is 5. The summed E-state index contributed by atoms with van der Waals surface area (Å²) in [6.45, 7) is 5.84. The maximum absolute atomic E-state index is 13.4. The van der Waals surface area contributed by atoms with Gasteiger partial charge in [-0.2, -0.15) is 5.10 Å². The van der Waals surface area contributed by atoms with E-state index in [1.54, 1.807) is 0 Å². The topological polar surface area (TPSA) is 95.2 Å². The second-order valence-electron chi connectivity index (χ2n) is 9.05. The Labute approximate surface area is 183 Å². The van der Waals surface area contributed by atoms with Gasteiger partial charge < -0.3 is 15.4 Å². The molecule has 31 heavy (non-hydrogen) atoms. The molecule has 0 bridgehead atoms. The third-order valence-electron chi connectivity index (χ3n) is 7.37. The van der Waals surface area contributed by atoms with E-state index in [2.05, 4.69) is 30.7 Å². The van der Waals surface area contributed by atoms with Crippen molar-refractivity contribution < 1.29 is 9.53 Å². The van der Waals surface area contributed by atoms with Crippen molar-refractivity contribution in [3.8, 4) is 11.4 Å². The van der Waals surface area contributed by atoms with Crippen molar-refractivity contribution in [1.82, 2.24) is 30.7 Å². The number of benzene rings is 1. The Morgan fingerprint density at radius 1 is 1.23 bits per heavy atom. The van der Waals surface area contributed by atoms with E-state index in [9.17, 15) is 4.79 Å². The lowest BCUT2D eigenvalue weighted by Crippen LogP contribution is -2.60. The van der Waals surface area contributed by atoms with Crippen LogP contribution in [0.3, 0.4) is 0 Å². The first kappa shape index (κ1) is 20.6. The maximum atomic E-state index is 13.4. The number of H-pyrrole nitrogens is 1. The van der Waals surface area contributed by atoms with Crippen molar-refractivity contribution in [2.45, 2.75) is 38.3 Å². The molecule has 3 fully saturated rings. The van der Waals surface area contributed by atoms with E-state index in [1.807, 2.05) is 30.3 Å². The van der Waals surface area contributed by atoms with Crippen molar-refractivity contribution in [2.75, 3.05) is 39.4 Å². The number of ether oxygens (including phenoxy) is 1. The average molecular weight is 425 g/mol. The first-order chi connectivity index (χ1) is 15.2. The van der Waals surface area contributed by atoms with Crippen LogP contribution in [0.2, 0.25) is 0 Å². The first-order valence-corrected chi connectivity index (χ1v) is 11.5. The number of nitrogens with zero attached hydrogens (tertiary/aromatic N) is 3. The monoisotopic (exact) mass is 424 g/mol. The van der Waals surface area contributed by atoms with Crippen LogP contribution in [-0.4, -0.2) is 71.4 Å². The second kappa shape index (κ2) is 9.06. The van der Waals surface area contributed by atoms with E-state index < -0.39 is 0 Å². The number of hydrogen-bond acceptors (Lipinski definition) is 6. The van der Waals surface area contributed by atoms with Gasteiger partial charge in [-0.3, -0.25) is 14.8 Å². The normalized spacial score (nSPS) is 29.3. The number of nitrogens with one attached hydrogen (secondary N) is 3. The summed E-state index contributed by atoms with van der Waals surface area (Å²) in [5.41, 5.74) is 0.649. The molecular formula is C23H32N6O2. The lowest BCUT2D eigenvalue weighted by atomic mass is 9.61. The number of carbonyl (C=O) groups is 1. The summed E-state index contributed by atoms with van der Waals surface area (Å²) in [5.74, 6) is 1.92. The highest BCUT2D eigenvalue weighted by Gasteiger charge is 2.50. The van der Waals surface area contributed by atoms with Crippen LogP contribution in [0.15, 0.2) is 30.3 Å². The van der Waals surface area contributed by atoms with Crippen LogP contribution in [0.1, 0.15) is 31.5 Å². The number of amides is 1. The van der Waals surface area contributed by atoms with Gasteiger partial charge in [-0.05, 0) is 38.1 Å². The fraction of sp³-hybridized carbons (Fsp3) is 0.609. The Morgan fingerprint density at radius 2 is 2.06 bits per heavy atom. The molecule has 2 saturated heterocycles. The summed E-state index contributed by atoms with van der Waals surface area (Å²) in [4.78, 5) is 20.6. The van der Waals surface area contributed by atoms with E-state index in [0.717, 1.165) is 70.6 Å². The number of piperidine rings is 1. The predicted octanol–water partition coefficient (Wildman–Crippen LogP) is 1.57. The number of hydrogen-bond donors (Lipinski definition) is 3. The highest BCUT2D eigenvalue weighted by molar-refractivity contribution is 5.83. The number of morpholine rings is 1. The van der Waals surface area contributed by atoms with Crippen LogP contribution in [0.25, 0.3) is 11.4 Å². The second-order valence-corrected chi connectivity index (χ2v) is 9.05. The van der Waals surface area contributed by atoms with E-state index >= 15 is 0 Å². The summed E-state index contributed by atoms with van der Waals surface area (Å²) in [6.07, 6.45) is 4.18. The molecule has 0 spiro atoms. The Bertz CT molecular complexity index is 881. The zero-order chi connectivity index (χ0) is 21.1. The molecule has 1 aliphatic carbocycles. The Morgan fingerprint density at radius 3 is 2.90 bits per heavy atom. The summed E-state index contributed by atoms with van der Waals surface area (Å²) >= 11 is 0. The fourth-order valence-corrected chi connectivity index (χ4v) is 5.60. The molecule has 3 aliphatic rings. The van der Waals surface area contributed by atoms with Gasteiger partial charge in [0.05, 0.1) is 25.2 Å². The maximum Gasteiger partial charge on any atom is 0.228 e. The summed E-state index contributed by atoms with van der Waals surface area (Å²) in [5, 5.41) is 13.9. The summed E-state index contributed by atoms with van der Waals surface area (Å²) in [6, 6.07) is 10.5. The van der Waals surface area contributed by atoms with Gasteiger partial charge in [0.15, 0.2) is 5.82 Å². The highest BCUT2D eigenvalue weighted by Crippen LogP contribution is 2.46. The first-order valence-electron chi connectivity index (χ1n) is 11.5. The minimum absolute atomic E-state index is 0.155. The Hall–Kier alpha value is -2.29. The molecule has 2 aliphatic heterocycles. The third kappa shape index (κ3) is 4.24. The average Bonchev–Trinajstić information content (AvgIpc) is 3.32. The number of aromatic amines is 1. The molecule has 2 aromatic rings. The molecule has 3 heterocycles. The molecule has 5 rings (SSSR count). The van der Waals surface area contributed by atoms with Crippen LogP contribution < -0.4 is 10.6 Å². The standard InChI is InChI=1S/C23H32N6O2/c30-22(25-15-20-26-21(28-27-20)17-4-2-1-3-5-17)23-8-6-19(29-10-12-31-13-11-29)14-18(23)7-9-24-16-23/h1-5,18-19,24H,6-16H2,(H,25,30)(H,26,27,28)/t18-,19?,23-/m1/s1. The lowest BCUT2D eigenvalue weighted by Gasteiger charge is -2.50. The molecule has 8 heteroatoms. The van der Waals surface area contributed by atoms with Gasteiger partial charge in [0.1, 0.15) is 5.82 Å². The number of carbonyl (C=O) groups excluding carboxylic acids is 1. The van der Waals surface area contributed by atoms with Crippen LogP contribution in [-0.2, 0) is 16.1 Å². The van der Waals surface area contributed by atoms with Crippen LogP contribution >= 0.6 is 0 Å². The van der Waals surface area contributed by atoms with Gasteiger partial charge in [0.25, 0.3) is 0 Å². The zero-order valence-corrected chi connectivity index (χ0v) is 18.0. The number of aromatic nitrogens is 3. The smallest absolute Gasteiger partial charge is 0.228 e. The molecule has 0 radical (unpaired) electrons. The van der Waals surface area contributed by atoms with E-state index in [-0.39, 0.29) is 11.3 Å². The minimum Gasteiger partial charge on any atom is -0.379 e. The van der Waals surface area contributed by atoms with Gasteiger partial charge in [0.2, 0.25) is 5.91 Å². The molecule has 3 atom stereocenters. The van der Waals surface area contributed by atoms with E-state index in [4.69, 9.17) is 4.74 Å². The molecule has 166 valence electrons. The van der Waals surface area contributed by atoms with Crippen LogP contribution in [0.5, 0.6) is 0 Å². The molecule has 1 unspecified atom stereocenters. The van der Waals surface area contributed by atoms with Gasteiger partial charge in [-0.25, -0.2) is 4.98 Å².